The summed E-state index contributed by atoms with van der Waals surface area (Å²) in [6, 6.07) is 15.8. The van der Waals surface area contributed by atoms with E-state index in [2.05, 4.69) is 10.4 Å². The minimum absolute atomic E-state index is 0.0103. The van der Waals surface area contributed by atoms with Crippen molar-refractivity contribution in [3.8, 4) is 5.69 Å². The van der Waals surface area contributed by atoms with Crippen LogP contribution in [0.1, 0.15) is 47.9 Å². The molecule has 0 aliphatic carbocycles. The smallest absolute Gasteiger partial charge is 0.255 e. The Kier molecular flexibility index (Phi) is 6.17. The summed E-state index contributed by atoms with van der Waals surface area (Å²) in [5.41, 5.74) is 3.48. The first-order valence-corrected chi connectivity index (χ1v) is 12.3. The molecule has 168 valence electrons. The number of nitrogens with zero attached hydrogens (tertiary/aromatic N) is 3. The maximum atomic E-state index is 13.0. The van der Waals surface area contributed by atoms with Crippen LogP contribution in [-0.2, 0) is 10.0 Å². The van der Waals surface area contributed by atoms with Crippen LogP contribution < -0.4 is 5.32 Å². The third-order valence-corrected chi connectivity index (χ3v) is 8.02. The molecule has 0 saturated carbocycles. The lowest BCUT2D eigenvalue weighted by atomic mass is 10.1. The number of anilines is 1. The van der Waals surface area contributed by atoms with Gasteiger partial charge in [0.2, 0.25) is 10.0 Å². The van der Waals surface area contributed by atoms with Crippen molar-refractivity contribution in [2.75, 3.05) is 11.9 Å². The average molecular weight is 453 g/mol. The van der Waals surface area contributed by atoms with Crippen LogP contribution in [0.4, 0.5) is 5.69 Å². The Morgan fingerprint density at radius 3 is 2.38 bits per heavy atom. The number of hydrogen-bond acceptors (Lipinski definition) is 4. The van der Waals surface area contributed by atoms with E-state index in [4.69, 9.17) is 0 Å². The molecule has 1 saturated heterocycles. The third-order valence-electron chi connectivity index (χ3n) is 6.00. The maximum Gasteiger partial charge on any atom is 0.255 e. The van der Waals surface area contributed by atoms with Gasteiger partial charge in [0.25, 0.3) is 5.91 Å². The Balaban J connectivity index is 1.54. The summed E-state index contributed by atoms with van der Waals surface area (Å²) in [6.45, 7) is 6.23. The summed E-state index contributed by atoms with van der Waals surface area (Å²) in [5.74, 6) is -0.306. The summed E-state index contributed by atoms with van der Waals surface area (Å²) >= 11 is 0. The molecule has 7 nitrogen and oxygen atoms in total. The van der Waals surface area contributed by atoms with E-state index >= 15 is 0 Å². The Bertz CT molecular complexity index is 1220. The molecular weight excluding hydrogens is 424 g/mol. The number of aryl methyl sites for hydroxylation is 1. The third kappa shape index (κ3) is 4.20. The lowest BCUT2D eigenvalue weighted by Gasteiger charge is -2.32. The van der Waals surface area contributed by atoms with Gasteiger partial charge in [0.15, 0.2) is 0 Å². The van der Waals surface area contributed by atoms with Crippen LogP contribution in [-0.4, -0.2) is 41.0 Å². The molecule has 1 amide bonds. The minimum atomic E-state index is -3.57. The predicted molar refractivity (Wildman–Crippen MR) is 125 cm³/mol. The molecule has 4 rings (SSSR count). The lowest BCUT2D eigenvalue weighted by molar-refractivity contribution is 0.102. The molecule has 2 heterocycles. The van der Waals surface area contributed by atoms with Gasteiger partial charge in [0.05, 0.1) is 27.7 Å². The van der Waals surface area contributed by atoms with E-state index in [0.29, 0.717) is 23.5 Å². The van der Waals surface area contributed by atoms with E-state index in [1.807, 2.05) is 51.1 Å². The van der Waals surface area contributed by atoms with Crippen LogP contribution in [0, 0.1) is 13.8 Å². The van der Waals surface area contributed by atoms with Gasteiger partial charge in [0.1, 0.15) is 0 Å². The quantitative estimate of drug-likeness (QED) is 0.625. The highest BCUT2D eigenvalue weighted by Gasteiger charge is 2.31. The molecular formula is C24H28N4O3S. The number of aromatic nitrogens is 2. The summed E-state index contributed by atoms with van der Waals surface area (Å²) in [6.07, 6.45) is 2.79. The van der Waals surface area contributed by atoms with Crippen molar-refractivity contribution in [1.82, 2.24) is 14.1 Å². The number of hydrogen-bond donors (Lipinski definition) is 1. The molecule has 1 fully saturated rings. The molecule has 2 aromatic carbocycles. The molecule has 1 atom stereocenters. The maximum absolute atomic E-state index is 13.0. The van der Waals surface area contributed by atoms with Crippen LogP contribution in [0.5, 0.6) is 0 Å². The van der Waals surface area contributed by atoms with Crippen molar-refractivity contribution in [3.05, 3.63) is 71.5 Å². The van der Waals surface area contributed by atoms with Crippen molar-refractivity contribution in [2.45, 2.75) is 51.0 Å². The average Bonchev–Trinajstić information content (AvgIpc) is 3.08. The SMILES string of the molecule is Cc1nn(-c2ccccc2)c(C)c1NC(=O)c1ccc(S(=O)(=O)N2CCCCC2C)cc1. The number of rotatable bonds is 5. The summed E-state index contributed by atoms with van der Waals surface area (Å²) in [7, 11) is -3.57. The van der Waals surface area contributed by atoms with Gasteiger partial charge in [-0.2, -0.15) is 9.40 Å². The highest BCUT2D eigenvalue weighted by atomic mass is 32.2. The van der Waals surface area contributed by atoms with Crippen LogP contribution >= 0.6 is 0 Å². The second-order valence-corrected chi connectivity index (χ2v) is 10.1. The zero-order valence-electron chi connectivity index (χ0n) is 18.6. The van der Waals surface area contributed by atoms with Gasteiger partial charge in [0, 0.05) is 18.2 Å². The number of piperidine rings is 1. The molecule has 1 aliphatic heterocycles. The van der Waals surface area contributed by atoms with E-state index < -0.39 is 10.0 Å². The van der Waals surface area contributed by atoms with E-state index in [1.165, 1.54) is 12.1 Å². The van der Waals surface area contributed by atoms with Gasteiger partial charge in [-0.1, -0.05) is 24.6 Å². The van der Waals surface area contributed by atoms with Gasteiger partial charge in [-0.15, -0.1) is 0 Å². The number of carbonyl (C=O) groups is 1. The van der Waals surface area contributed by atoms with Gasteiger partial charge < -0.3 is 5.32 Å². The number of nitrogens with one attached hydrogen (secondary N) is 1. The van der Waals surface area contributed by atoms with Crippen molar-refractivity contribution in [1.29, 1.82) is 0 Å². The Morgan fingerprint density at radius 1 is 1.03 bits per heavy atom. The molecule has 0 bridgehead atoms. The van der Waals surface area contributed by atoms with Gasteiger partial charge >= 0.3 is 0 Å². The first-order chi connectivity index (χ1) is 15.3. The van der Waals surface area contributed by atoms with Gasteiger partial charge in [-0.3, -0.25) is 4.79 Å². The van der Waals surface area contributed by atoms with Crippen molar-refractivity contribution in [2.24, 2.45) is 0 Å². The van der Waals surface area contributed by atoms with Crippen molar-refractivity contribution in [3.63, 3.8) is 0 Å². The van der Waals surface area contributed by atoms with E-state index in [9.17, 15) is 13.2 Å². The summed E-state index contributed by atoms with van der Waals surface area (Å²) in [4.78, 5) is 13.1. The van der Waals surface area contributed by atoms with Crippen LogP contribution in [0.3, 0.4) is 0 Å². The molecule has 1 aliphatic rings. The van der Waals surface area contributed by atoms with Crippen molar-refractivity contribution < 1.29 is 13.2 Å². The molecule has 1 N–H and O–H groups in total. The topological polar surface area (TPSA) is 84.3 Å². The first kappa shape index (κ1) is 22.2. The highest BCUT2D eigenvalue weighted by Crippen LogP contribution is 2.26. The number of amides is 1. The van der Waals surface area contributed by atoms with Crippen molar-refractivity contribution >= 4 is 21.6 Å². The second kappa shape index (κ2) is 8.88. The van der Waals surface area contributed by atoms with Crippen LogP contribution in [0.15, 0.2) is 59.5 Å². The van der Waals surface area contributed by atoms with E-state index in [-0.39, 0.29) is 16.8 Å². The monoisotopic (exact) mass is 452 g/mol. The number of carbonyl (C=O) groups excluding carboxylic acids is 1. The van der Waals surface area contributed by atoms with Crippen LogP contribution in [0.2, 0.25) is 0 Å². The highest BCUT2D eigenvalue weighted by molar-refractivity contribution is 7.89. The molecule has 8 heteroatoms. The Labute approximate surface area is 189 Å². The number of sulfonamides is 1. The molecule has 0 radical (unpaired) electrons. The van der Waals surface area contributed by atoms with Crippen LogP contribution in [0.25, 0.3) is 5.69 Å². The fourth-order valence-electron chi connectivity index (χ4n) is 4.17. The fraction of sp³-hybridized carbons (Fsp3) is 0.333. The zero-order valence-corrected chi connectivity index (χ0v) is 19.4. The van der Waals surface area contributed by atoms with E-state index in [1.54, 1.807) is 21.1 Å². The number of para-hydroxylation sites is 1. The second-order valence-electron chi connectivity index (χ2n) is 8.23. The minimum Gasteiger partial charge on any atom is -0.319 e. The lowest BCUT2D eigenvalue weighted by Crippen LogP contribution is -2.41. The summed E-state index contributed by atoms with van der Waals surface area (Å²) < 4.78 is 29.4. The van der Waals surface area contributed by atoms with Gasteiger partial charge in [-0.25, -0.2) is 13.1 Å². The zero-order chi connectivity index (χ0) is 22.9. The largest absolute Gasteiger partial charge is 0.319 e. The van der Waals surface area contributed by atoms with Gasteiger partial charge in [-0.05, 0) is 70.0 Å². The van der Waals surface area contributed by atoms with E-state index in [0.717, 1.165) is 30.6 Å². The Morgan fingerprint density at radius 2 is 1.72 bits per heavy atom. The number of benzene rings is 2. The molecule has 1 aromatic heterocycles. The summed E-state index contributed by atoms with van der Waals surface area (Å²) in [5, 5.41) is 7.48. The molecule has 32 heavy (non-hydrogen) atoms. The Hall–Kier alpha value is -2.97. The standard InChI is InChI=1S/C24H28N4O3S/c1-17-9-7-8-16-27(17)32(30,31)22-14-12-20(13-15-22)24(29)25-23-18(2)26-28(19(23)3)21-10-5-4-6-11-21/h4-6,10-15,17H,7-9,16H2,1-3H3,(H,25,29). The predicted octanol–water partition coefficient (Wildman–Crippen LogP) is 4.30. The molecule has 3 aromatic rings. The normalized spacial score (nSPS) is 17.3. The molecule has 1 unspecified atom stereocenters. The fourth-order valence-corrected chi connectivity index (χ4v) is 5.87. The molecule has 0 spiro atoms. The first-order valence-electron chi connectivity index (χ1n) is 10.8.